The number of fused-ring (bicyclic) bond motifs is 1. The molecule has 1 aliphatic rings. The zero-order chi connectivity index (χ0) is 16.2. The largest absolute Gasteiger partial charge is 0.379 e. The van der Waals surface area contributed by atoms with E-state index in [2.05, 4.69) is 40.2 Å². The summed E-state index contributed by atoms with van der Waals surface area (Å²) >= 11 is 0. The van der Waals surface area contributed by atoms with E-state index in [-0.39, 0.29) is 0 Å². The van der Waals surface area contributed by atoms with E-state index in [0.717, 1.165) is 49.9 Å². The van der Waals surface area contributed by atoms with E-state index in [1.54, 1.807) is 6.20 Å². The molecule has 1 unspecified atom stereocenters. The molecule has 1 saturated heterocycles. The van der Waals surface area contributed by atoms with Gasteiger partial charge < -0.3 is 10.1 Å². The van der Waals surface area contributed by atoms with Crippen LogP contribution in [0.25, 0.3) is 5.52 Å². The van der Waals surface area contributed by atoms with Crippen LogP contribution < -0.4 is 5.32 Å². The number of anilines is 1. The summed E-state index contributed by atoms with van der Waals surface area (Å²) in [6, 6.07) is 2.58. The highest BCUT2D eigenvalue weighted by molar-refractivity contribution is 5.67. The van der Waals surface area contributed by atoms with E-state index in [1.807, 2.05) is 17.6 Å². The first-order chi connectivity index (χ1) is 11.1. The van der Waals surface area contributed by atoms with Gasteiger partial charge in [-0.25, -0.2) is 9.50 Å². The Morgan fingerprint density at radius 1 is 1.30 bits per heavy atom. The summed E-state index contributed by atoms with van der Waals surface area (Å²) in [5.74, 6) is 1.58. The predicted molar refractivity (Wildman–Crippen MR) is 91.8 cm³/mol. The maximum absolute atomic E-state index is 5.49. The van der Waals surface area contributed by atoms with Crippen molar-refractivity contribution < 1.29 is 4.74 Å². The smallest absolute Gasteiger partial charge is 0.152 e. The third kappa shape index (κ3) is 4.00. The number of hydrogen-bond donors (Lipinski definition) is 1. The van der Waals surface area contributed by atoms with Crippen molar-refractivity contribution in [1.82, 2.24) is 19.5 Å². The Balaban J connectivity index is 1.71. The average Bonchev–Trinajstić information content (AvgIpc) is 2.92. The first kappa shape index (κ1) is 16.2. The maximum atomic E-state index is 5.49. The third-order valence-electron chi connectivity index (χ3n) is 4.32. The molecule has 0 bridgehead atoms. The van der Waals surface area contributed by atoms with Crippen molar-refractivity contribution >= 4 is 11.3 Å². The van der Waals surface area contributed by atoms with Crippen LogP contribution in [0, 0.1) is 12.8 Å². The maximum Gasteiger partial charge on any atom is 0.152 e. The van der Waals surface area contributed by atoms with E-state index in [0.29, 0.717) is 12.0 Å². The highest BCUT2D eigenvalue weighted by Gasteiger charge is 2.22. The van der Waals surface area contributed by atoms with Crippen molar-refractivity contribution in [3.8, 4) is 0 Å². The molecular formula is C17H27N5O. The van der Waals surface area contributed by atoms with Gasteiger partial charge in [-0.3, -0.25) is 4.90 Å². The van der Waals surface area contributed by atoms with Gasteiger partial charge in [-0.2, -0.15) is 5.10 Å². The molecule has 1 N–H and O–H groups in total. The number of aromatic nitrogens is 3. The van der Waals surface area contributed by atoms with Crippen LogP contribution >= 0.6 is 0 Å². The highest BCUT2D eigenvalue weighted by Crippen LogP contribution is 2.18. The molecule has 0 aromatic carbocycles. The summed E-state index contributed by atoms with van der Waals surface area (Å²) in [5.41, 5.74) is 2.04. The molecule has 23 heavy (non-hydrogen) atoms. The SMILES string of the molecule is Cc1cc2c(NCC(CC(C)C)N3CCOCC3)nccn2n1. The Labute approximate surface area is 137 Å². The summed E-state index contributed by atoms with van der Waals surface area (Å²) in [5, 5.41) is 8.00. The minimum absolute atomic E-state index is 0.505. The van der Waals surface area contributed by atoms with Gasteiger partial charge in [0.05, 0.1) is 18.9 Å². The van der Waals surface area contributed by atoms with E-state index in [1.165, 1.54) is 6.42 Å². The minimum Gasteiger partial charge on any atom is -0.379 e. The van der Waals surface area contributed by atoms with Crippen LogP contribution in [0.5, 0.6) is 0 Å². The molecule has 2 aromatic rings. The van der Waals surface area contributed by atoms with Gasteiger partial charge >= 0.3 is 0 Å². The van der Waals surface area contributed by atoms with Crippen LogP contribution in [0.2, 0.25) is 0 Å². The van der Waals surface area contributed by atoms with Gasteiger partial charge in [0, 0.05) is 38.1 Å². The van der Waals surface area contributed by atoms with Crippen LogP contribution in [0.4, 0.5) is 5.82 Å². The number of morpholine rings is 1. The third-order valence-corrected chi connectivity index (χ3v) is 4.32. The standard InChI is InChI=1S/C17H27N5O/c1-13(2)10-15(21-6-8-23-9-7-21)12-19-17-16-11-14(3)20-22(16)5-4-18-17/h4-5,11,13,15H,6-10,12H2,1-3H3,(H,18,19). The van der Waals surface area contributed by atoms with Crippen molar-refractivity contribution in [2.45, 2.75) is 33.2 Å². The summed E-state index contributed by atoms with van der Waals surface area (Å²) < 4.78 is 7.38. The minimum atomic E-state index is 0.505. The summed E-state index contributed by atoms with van der Waals surface area (Å²) in [4.78, 5) is 7.04. The van der Waals surface area contributed by atoms with Crippen molar-refractivity contribution in [3.05, 3.63) is 24.2 Å². The lowest BCUT2D eigenvalue weighted by atomic mass is 10.0. The number of nitrogens with one attached hydrogen (secondary N) is 1. The van der Waals surface area contributed by atoms with E-state index in [4.69, 9.17) is 4.74 Å². The molecule has 1 atom stereocenters. The van der Waals surface area contributed by atoms with Crippen molar-refractivity contribution in [3.63, 3.8) is 0 Å². The number of hydrogen-bond acceptors (Lipinski definition) is 5. The van der Waals surface area contributed by atoms with Crippen LogP contribution in [-0.4, -0.2) is 58.4 Å². The molecule has 0 aliphatic carbocycles. The van der Waals surface area contributed by atoms with Crippen LogP contribution in [0.15, 0.2) is 18.5 Å². The molecule has 0 saturated carbocycles. The summed E-state index contributed by atoms with van der Waals surface area (Å²) in [6.07, 6.45) is 4.86. The molecule has 0 spiro atoms. The predicted octanol–water partition coefficient (Wildman–Crippen LogP) is 2.20. The molecular weight excluding hydrogens is 290 g/mol. The lowest BCUT2D eigenvalue weighted by molar-refractivity contribution is 0.0150. The molecule has 2 aromatic heterocycles. The Morgan fingerprint density at radius 3 is 2.83 bits per heavy atom. The van der Waals surface area contributed by atoms with Crippen molar-refractivity contribution in [2.24, 2.45) is 5.92 Å². The summed E-state index contributed by atoms with van der Waals surface area (Å²) in [7, 11) is 0. The second-order valence-electron chi connectivity index (χ2n) is 6.70. The zero-order valence-electron chi connectivity index (χ0n) is 14.3. The zero-order valence-corrected chi connectivity index (χ0v) is 14.3. The molecule has 6 nitrogen and oxygen atoms in total. The highest BCUT2D eigenvalue weighted by atomic mass is 16.5. The Bertz CT molecular complexity index is 633. The summed E-state index contributed by atoms with van der Waals surface area (Å²) in [6.45, 7) is 11.2. The van der Waals surface area contributed by atoms with E-state index in [9.17, 15) is 0 Å². The molecule has 0 radical (unpaired) electrons. The lowest BCUT2D eigenvalue weighted by Crippen LogP contribution is -2.47. The van der Waals surface area contributed by atoms with Crippen LogP contribution in [0.3, 0.4) is 0 Å². The topological polar surface area (TPSA) is 54.7 Å². The van der Waals surface area contributed by atoms with Crippen LogP contribution in [-0.2, 0) is 4.74 Å². The second kappa shape index (κ2) is 7.27. The van der Waals surface area contributed by atoms with Gasteiger partial charge in [-0.05, 0) is 25.3 Å². The number of nitrogens with zero attached hydrogens (tertiary/aromatic N) is 4. The van der Waals surface area contributed by atoms with E-state index >= 15 is 0 Å². The van der Waals surface area contributed by atoms with Crippen molar-refractivity contribution in [2.75, 3.05) is 38.2 Å². The van der Waals surface area contributed by atoms with Gasteiger partial charge in [0.1, 0.15) is 5.52 Å². The monoisotopic (exact) mass is 317 g/mol. The van der Waals surface area contributed by atoms with Crippen LogP contribution in [0.1, 0.15) is 26.0 Å². The molecule has 1 fully saturated rings. The van der Waals surface area contributed by atoms with Gasteiger partial charge in [-0.15, -0.1) is 0 Å². The Hall–Kier alpha value is -1.66. The first-order valence-electron chi connectivity index (χ1n) is 8.50. The normalized spacial score (nSPS) is 17.7. The lowest BCUT2D eigenvalue weighted by Gasteiger charge is -2.35. The molecule has 0 amide bonds. The molecule has 1 aliphatic heterocycles. The fourth-order valence-corrected chi connectivity index (χ4v) is 3.24. The van der Waals surface area contributed by atoms with Gasteiger partial charge in [0.2, 0.25) is 0 Å². The van der Waals surface area contributed by atoms with E-state index < -0.39 is 0 Å². The Morgan fingerprint density at radius 2 is 2.09 bits per heavy atom. The van der Waals surface area contributed by atoms with Gasteiger partial charge in [0.25, 0.3) is 0 Å². The molecule has 3 rings (SSSR count). The number of rotatable bonds is 6. The molecule has 6 heteroatoms. The average molecular weight is 317 g/mol. The number of aryl methyl sites for hydroxylation is 1. The molecule has 3 heterocycles. The number of ether oxygens (including phenoxy) is 1. The van der Waals surface area contributed by atoms with Crippen molar-refractivity contribution in [1.29, 1.82) is 0 Å². The van der Waals surface area contributed by atoms with Gasteiger partial charge in [-0.1, -0.05) is 13.8 Å². The first-order valence-corrected chi connectivity index (χ1v) is 8.50. The quantitative estimate of drug-likeness (QED) is 0.885. The Kier molecular flexibility index (Phi) is 5.13. The van der Waals surface area contributed by atoms with Gasteiger partial charge in [0.15, 0.2) is 5.82 Å². The second-order valence-corrected chi connectivity index (χ2v) is 6.70. The fraction of sp³-hybridized carbons (Fsp3) is 0.647. The fourth-order valence-electron chi connectivity index (χ4n) is 3.24. The molecule has 126 valence electrons.